The quantitative estimate of drug-likeness (QED) is 0.751. The molecule has 2 unspecified atom stereocenters. The molecule has 0 saturated carbocycles. The molecule has 0 amide bonds. The van der Waals surface area contributed by atoms with Crippen molar-refractivity contribution in [3.63, 3.8) is 0 Å². The Labute approximate surface area is 93.0 Å². The lowest BCUT2D eigenvalue weighted by molar-refractivity contribution is -0.0180. The van der Waals surface area contributed by atoms with Gasteiger partial charge in [0.05, 0.1) is 11.6 Å². The van der Waals surface area contributed by atoms with Gasteiger partial charge in [-0.05, 0) is 46.6 Å². The number of nitrogens with zero attached hydrogens (tertiary/aromatic N) is 1. The van der Waals surface area contributed by atoms with Crippen LogP contribution in [0.25, 0.3) is 0 Å². The fourth-order valence-corrected chi connectivity index (χ4v) is 3.44. The van der Waals surface area contributed by atoms with Crippen molar-refractivity contribution in [3.05, 3.63) is 0 Å². The first-order valence-electron chi connectivity index (χ1n) is 6.12. The summed E-state index contributed by atoms with van der Waals surface area (Å²) in [4.78, 5) is 2.61. The summed E-state index contributed by atoms with van der Waals surface area (Å²) in [6, 6.07) is 0. The Balaban J connectivity index is 2.26. The van der Waals surface area contributed by atoms with Gasteiger partial charge in [-0.3, -0.25) is 4.90 Å². The van der Waals surface area contributed by atoms with Crippen LogP contribution in [-0.4, -0.2) is 41.8 Å². The standard InChI is InChI=1S/C12H24N2O/c1-10-12(9-13,6-8-15-10)14-7-4-5-11(14,2)3/h10H,4-9,13H2,1-3H3. The zero-order chi connectivity index (χ0) is 11.1. The molecule has 0 aromatic heterocycles. The molecule has 2 heterocycles. The summed E-state index contributed by atoms with van der Waals surface area (Å²) < 4.78 is 5.74. The Morgan fingerprint density at radius 3 is 2.53 bits per heavy atom. The zero-order valence-corrected chi connectivity index (χ0v) is 10.3. The lowest BCUT2D eigenvalue weighted by atomic mass is 9.86. The van der Waals surface area contributed by atoms with Crippen LogP contribution in [0.15, 0.2) is 0 Å². The molecule has 2 fully saturated rings. The summed E-state index contributed by atoms with van der Waals surface area (Å²) in [6.07, 6.45) is 3.94. The summed E-state index contributed by atoms with van der Waals surface area (Å²) in [5, 5.41) is 0. The van der Waals surface area contributed by atoms with E-state index in [2.05, 4.69) is 25.7 Å². The van der Waals surface area contributed by atoms with Gasteiger partial charge in [-0.25, -0.2) is 0 Å². The molecule has 2 saturated heterocycles. The second-order valence-electron chi connectivity index (χ2n) is 5.64. The van der Waals surface area contributed by atoms with Gasteiger partial charge in [0.1, 0.15) is 0 Å². The van der Waals surface area contributed by atoms with Crippen molar-refractivity contribution < 1.29 is 4.74 Å². The molecule has 2 rings (SSSR count). The molecule has 2 aliphatic heterocycles. The number of likely N-dealkylation sites (tertiary alicyclic amines) is 1. The van der Waals surface area contributed by atoms with Crippen LogP contribution in [0.3, 0.4) is 0 Å². The highest BCUT2D eigenvalue weighted by molar-refractivity contribution is 5.07. The van der Waals surface area contributed by atoms with Crippen molar-refractivity contribution in [2.24, 2.45) is 5.73 Å². The second kappa shape index (κ2) is 3.72. The highest BCUT2D eigenvalue weighted by atomic mass is 16.5. The van der Waals surface area contributed by atoms with Crippen molar-refractivity contribution in [1.82, 2.24) is 4.90 Å². The van der Waals surface area contributed by atoms with Crippen molar-refractivity contribution >= 4 is 0 Å². The van der Waals surface area contributed by atoms with E-state index in [0.29, 0.717) is 5.54 Å². The highest BCUT2D eigenvalue weighted by Crippen LogP contribution is 2.41. The van der Waals surface area contributed by atoms with Crippen LogP contribution in [0.5, 0.6) is 0 Å². The van der Waals surface area contributed by atoms with Crippen LogP contribution >= 0.6 is 0 Å². The van der Waals surface area contributed by atoms with Crippen LogP contribution in [-0.2, 0) is 4.74 Å². The monoisotopic (exact) mass is 212 g/mol. The van der Waals surface area contributed by atoms with E-state index in [4.69, 9.17) is 10.5 Å². The third kappa shape index (κ3) is 1.61. The molecule has 0 aliphatic carbocycles. The fourth-order valence-electron chi connectivity index (χ4n) is 3.44. The minimum Gasteiger partial charge on any atom is -0.376 e. The number of nitrogens with two attached hydrogens (primary N) is 1. The molecule has 0 aromatic rings. The van der Waals surface area contributed by atoms with Gasteiger partial charge in [0.25, 0.3) is 0 Å². The smallest absolute Gasteiger partial charge is 0.0744 e. The Hall–Kier alpha value is -0.120. The summed E-state index contributed by atoms with van der Waals surface area (Å²) in [5.41, 5.74) is 6.43. The van der Waals surface area contributed by atoms with E-state index in [-0.39, 0.29) is 11.6 Å². The first-order valence-corrected chi connectivity index (χ1v) is 6.12. The van der Waals surface area contributed by atoms with Gasteiger partial charge < -0.3 is 10.5 Å². The molecule has 2 N–H and O–H groups in total. The SMILES string of the molecule is CC1OCCC1(CN)N1CCCC1(C)C. The third-order valence-electron chi connectivity index (χ3n) is 4.45. The summed E-state index contributed by atoms with van der Waals surface area (Å²) in [7, 11) is 0. The van der Waals surface area contributed by atoms with Crippen LogP contribution in [0.2, 0.25) is 0 Å². The lowest BCUT2D eigenvalue weighted by Crippen LogP contribution is -2.62. The normalized spacial score (nSPS) is 41.2. The van der Waals surface area contributed by atoms with E-state index in [1.165, 1.54) is 19.4 Å². The van der Waals surface area contributed by atoms with Crippen LogP contribution in [0.1, 0.15) is 40.0 Å². The van der Waals surface area contributed by atoms with E-state index in [1.807, 2.05) is 0 Å². The number of rotatable bonds is 2. The average molecular weight is 212 g/mol. The molecule has 15 heavy (non-hydrogen) atoms. The maximum Gasteiger partial charge on any atom is 0.0744 e. The number of hydrogen-bond acceptors (Lipinski definition) is 3. The predicted octanol–water partition coefficient (Wildman–Crippen LogP) is 1.37. The van der Waals surface area contributed by atoms with Crippen LogP contribution in [0, 0.1) is 0 Å². The van der Waals surface area contributed by atoms with Crippen molar-refractivity contribution in [2.45, 2.75) is 57.2 Å². The minimum absolute atomic E-state index is 0.0972. The predicted molar refractivity (Wildman–Crippen MR) is 61.8 cm³/mol. The van der Waals surface area contributed by atoms with Gasteiger partial charge in [0.15, 0.2) is 0 Å². The topological polar surface area (TPSA) is 38.5 Å². The largest absolute Gasteiger partial charge is 0.376 e. The van der Waals surface area contributed by atoms with E-state index in [1.54, 1.807) is 0 Å². The maximum absolute atomic E-state index is 6.04. The molecular formula is C12H24N2O. The summed E-state index contributed by atoms with van der Waals surface area (Å²) in [5.74, 6) is 0. The van der Waals surface area contributed by atoms with Gasteiger partial charge in [0.2, 0.25) is 0 Å². The Kier molecular flexibility index (Phi) is 2.82. The van der Waals surface area contributed by atoms with Crippen molar-refractivity contribution in [2.75, 3.05) is 19.7 Å². The maximum atomic E-state index is 6.04. The Morgan fingerprint density at radius 1 is 1.40 bits per heavy atom. The number of hydrogen-bond donors (Lipinski definition) is 1. The Bertz CT molecular complexity index is 242. The van der Waals surface area contributed by atoms with E-state index >= 15 is 0 Å². The molecule has 2 aliphatic rings. The average Bonchev–Trinajstić information content (AvgIpc) is 2.70. The molecular weight excluding hydrogens is 188 g/mol. The Morgan fingerprint density at radius 2 is 2.13 bits per heavy atom. The van der Waals surface area contributed by atoms with E-state index < -0.39 is 0 Å². The highest BCUT2D eigenvalue weighted by Gasteiger charge is 2.51. The molecule has 2 atom stereocenters. The van der Waals surface area contributed by atoms with Gasteiger partial charge in [0, 0.05) is 18.7 Å². The molecule has 88 valence electrons. The molecule has 3 heteroatoms. The number of ether oxygens (including phenoxy) is 1. The van der Waals surface area contributed by atoms with Crippen LogP contribution < -0.4 is 5.73 Å². The van der Waals surface area contributed by atoms with Crippen LogP contribution in [0.4, 0.5) is 0 Å². The van der Waals surface area contributed by atoms with Crippen molar-refractivity contribution in [3.8, 4) is 0 Å². The zero-order valence-electron chi connectivity index (χ0n) is 10.3. The third-order valence-corrected chi connectivity index (χ3v) is 4.45. The van der Waals surface area contributed by atoms with Gasteiger partial charge in [-0.15, -0.1) is 0 Å². The first kappa shape index (κ1) is 11.4. The molecule has 0 bridgehead atoms. The van der Waals surface area contributed by atoms with Gasteiger partial charge in [-0.2, -0.15) is 0 Å². The molecule has 3 nitrogen and oxygen atoms in total. The first-order chi connectivity index (χ1) is 7.03. The molecule has 0 spiro atoms. The fraction of sp³-hybridized carbons (Fsp3) is 1.00. The van der Waals surface area contributed by atoms with E-state index in [0.717, 1.165) is 19.6 Å². The van der Waals surface area contributed by atoms with Gasteiger partial charge >= 0.3 is 0 Å². The van der Waals surface area contributed by atoms with Gasteiger partial charge in [-0.1, -0.05) is 0 Å². The summed E-state index contributed by atoms with van der Waals surface area (Å²) in [6.45, 7) is 9.61. The molecule has 0 radical (unpaired) electrons. The van der Waals surface area contributed by atoms with Crippen molar-refractivity contribution in [1.29, 1.82) is 0 Å². The minimum atomic E-state index is 0.0972. The molecule has 0 aromatic carbocycles. The lowest BCUT2D eigenvalue weighted by Gasteiger charge is -2.47. The summed E-state index contributed by atoms with van der Waals surface area (Å²) >= 11 is 0. The van der Waals surface area contributed by atoms with E-state index in [9.17, 15) is 0 Å². The second-order valence-corrected chi connectivity index (χ2v) is 5.64.